The molecule has 0 aliphatic rings. The van der Waals surface area contributed by atoms with E-state index in [1.54, 1.807) is 7.11 Å². The summed E-state index contributed by atoms with van der Waals surface area (Å²) in [6, 6.07) is -0.00694. The lowest BCUT2D eigenvalue weighted by molar-refractivity contribution is -0.117. The van der Waals surface area contributed by atoms with Crippen molar-refractivity contribution in [2.24, 2.45) is 5.73 Å². The van der Waals surface area contributed by atoms with E-state index in [1.807, 2.05) is 0 Å². The second kappa shape index (κ2) is 7.02. The second-order valence-electron chi connectivity index (χ2n) is 2.51. The minimum absolute atomic E-state index is 0.00694. The van der Waals surface area contributed by atoms with E-state index in [9.17, 15) is 4.79 Å². The van der Waals surface area contributed by atoms with Crippen LogP contribution in [0.2, 0.25) is 0 Å². The molecule has 1 unspecified atom stereocenters. The summed E-state index contributed by atoms with van der Waals surface area (Å²) in [5.74, 6) is -0.408. The van der Waals surface area contributed by atoms with E-state index in [2.05, 4.69) is 5.32 Å². The van der Waals surface area contributed by atoms with Crippen molar-refractivity contribution in [2.75, 3.05) is 26.9 Å². The van der Waals surface area contributed by atoms with Crippen LogP contribution in [0.15, 0.2) is 0 Å². The first-order valence-corrected chi connectivity index (χ1v) is 3.82. The molecule has 0 saturated heterocycles. The Balaban J connectivity index is 3.54. The SMILES string of the molecule is COCC(CCO)NCC(N)=O. The molecule has 0 aliphatic heterocycles. The Hall–Kier alpha value is -0.650. The van der Waals surface area contributed by atoms with Gasteiger partial charge in [-0.25, -0.2) is 0 Å². The average Bonchev–Trinajstić information content (AvgIpc) is 2.01. The summed E-state index contributed by atoms with van der Waals surface area (Å²) in [5, 5.41) is 11.5. The van der Waals surface area contributed by atoms with Gasteiger partial charge >= 0.3 is 0 Å². The molecule has 0 spiro atoms. The Bertz CT molecular complexity index is 124. The lowest BCUT2D eigenvalue weighted by Crippen LogP contribution is -2.39. The number of hydrogen-bond acceptors (Lipinski definition) is 4. The van der Waals surface area contributed by atoms with Gasteiger partial charge in [-0.15, -0.1) is 0 Å². The quantitative estimate of drug-likeness (QED) is 0.439. The first-order chi connectivity index (χ1) is 5.70. The summed E-state index contributed by atoms with van der Waals surface area (Å²) in [6.07, 6.45) is 0.557. The smallest absolute Gasteiger partial charge is 0.231 e. The number of methoxy groups -OCH3 is 1. The molecule has 0 heterocycles. The molecular weight excluding hydrogens is 160 g/mol. The van der Waals surface area contributed by atoms with Crippen LogP contribution in [-0.2, 0) is 9.53 Å². The van der Waals surface area contributed by atoms with Crippen LogP contribution in [-0.4, -0.2) is 43.9 Å². The highest BCUT2D eigenvalue weighted by molar-refractivity contribution is 5.75. The zero-order valence-corrected chi connectivity index (χ0v) is 7.25. The van der Waals surface area contributed by atoms with E-state index in [-0.39, 0.29) is 19.2 Å². The van der Waals surface area contributed by atoms with Crippen molar-refractivity contribution in [2.45, 2.75) is 12.5 Å². The molecule has 1 amide bonds. The van der Waals surface area contributed by atoms with Crippen LogP contribution < -0.4 is 11.1 Å². The molecule has 4 N–H and O–H groups in total. The number of ether oxygens (including phenoxy) is 1. The van der Waals surface area contributed by atoms with E-state index >= 15 is 0 Å². The topological polar surface area (TPSA) is 84.6 Å². The van der Waals surface area contributed by atoms with Crippen molar-refractivity contribution in [3.63, 3.8) is 0 Å². The Morgan fingerprint density at radius 1 is 1.75 bits per heavy atom. The summed E-state index contributed by atoms with van der Waals surface area (Å²) < 4.78 is 4.86. The highest BCUT2D eigenvalue weighted by Crippen LogP contribution is 1.90. The molecule has 0 bridgehead atoms. The minimum Gasteiger partial charge on any atom is -0.396 e. The van der Waals surface area contributed by atoms with Gasteiger partial charge in [-0.3, -0.25) is 4.79 Å². The molecule has 5 nitrogen and oxygen atoms in total. The summed E-state index contributed by atoms with van der Waals surface area (Å²) in [7, 11) is 1.57. The minimum atomic E-state index is -0.408. The number of hydrogen-bond donors (Lipinski definition) is 3. The third-order valence-electron chi connectivity index (χ3n) is 1.41. The molecular formula is C7H16N2O3. The molecule has 0 saturated carbocycles. The molecule has 0 rings (SSSR count). The van der Waals surface area contributed by atoms with E-state index in [0.29, 0.717) is 13.0 Å². The number of primary amides is 1. The first-order valence-electron chi connectivity index (χ1n) is 3.82. The van der Waals surface area contributed by atoms with Gasteiger partial charge < -0.3 is 20.9 Å². The molecule has 0 aromatic rings. The molecule has 5 heteroatoms. The van der Waals surface area contributed by atoms with Gasteiger partial charge in [-0.2, -0.15) is 0 Å². The van der Waals surface area contributed by atoms with Crippen molar-refractivity contribution < 1.29 is 14.6 Å². The van der Waals surface area contributed by atoms with E-state index in [4.69, 9.17) is 15.6 Å². The first kappa shape index (κ1) is 11.4. The third kappa shape index (κ3) is 6.09. The van der Waals surface area contributed by atoms with Gasteiger partial charge in [0, 0.05) is 19.8 Å². The molecule has 1 atom stereocenters. The predicted octanol–water partition coefficient (Wildman–Crippen LogP) is -1.54. The van der Waals surface area contributed by atoms with Gasteiger partial charge in [-0.1, -0.05) is 0 Å². The standard InChI is InChI=1S/C7H16N2O3/c1-12-5-6(2-3-10)9-4-7(8)11/h6,9-10H,2-5H2,1H3,(H2,8,11). The molecule has 0 radical (unpaired) electrons. The van der Waals surface area contributed by atoms with E-state index in [0.717, 1.165) is 0 Å². The Kier molecular flexibility index (Phi) is 6.64. The Morgan fingerprint density at radius 2 is 2.42 bits per heavy atom. The lowest BCUT2D eigenvalue weighted by Gasteiger charge is -2.15. The number of carbonyl (C=O) groups is 1. The largest absolute Gasteiger partial charge is 0.396 e. The maximum Gasteiger partial charge on any atom is 0.231 e. The molecule has 72 valence electrons. The summed E-state index contributed by atoms with van der Waals surface area (Å²) in [5.41, 5.74) is 4.93. The van der Waals surface area contributed by atoms with Crippen LogP contribution in [0.5, 0.6) is 0 Å². The van der Waals surface area contributed by atoms with E-state index < -0.39 is 5.91 Å². The third-order valence-corrected chi connectivity index (χ3v) is 1.41. The predicted molar refractivity (Wildman–Crippen MR) is 44.6 cm³/mol. The van der Waals surface area contributed by atoms with Crippen molar-refractivity contribution >= 4 is 5.91 Å². The van der Waals surface area contributed by atoms with Crippen LogP contribution in [0.3, 0.4) is 0 Å². The van der Waals surface area contributed by atoms with E-state index in [1.165, 1.54) is 0 Å². The summed E-state index contributed by atoms with van der Waals surface area (Å²) in [6.45, 7) is 0.654. The zero-order chi connectivity index (χ0) is 9.40. The maximum atomic E-state index is 10.4. The normalized spacial score (nSPS) is 12.8. The van der Waals surface area contributed by atoms with Crippen LogP contribution >= 0.6 is 0 Å². The molecule has 0 aromatic heterocycles. The number of carbonyl (C=O) groups excluding carboxylic acids is 1. The number of rotatable bonds is 7. The summed E-state index contributed by atoms with van der Waals surface area (Å²) in [4.78, 5) is 10.4. The van der Waals surface area contributed by atoms with Crippen LogP contribution in [0.25, 0.3) is 0 Å². The lowest BCUT2D eigenvalue weighted by atomic mass is 10.2. The number of aliphatic hydroxyl groups excluding tert-OH is 1. The highest BCUT2D eigenvalue weighted by atomic mass is 16.5. The van der Waals surface area contributed by atoms with Crippen molar-refractivity contribution in [1.82, 2.24) is 5.32 Å². The maximum absolute atomic E-state index is 10.4. The molecule has 0 aromatic carbocycles. The number of aliphatic hydroxyl groups is 1. The van der Waals surface area contributed by atoms with Gasteiger partial charge in [0.05, 0.1) is 13.2 Å². The van der Waals surface area contributed by atoms with Gasteiger partial charge in [0.15, 0.2) is 0 Å². The highest BCUT2D eigenvalue weighted by Gasteiger charge is 2.07. The number of nitrogens with one attached hydrogen (secondary N) is 1. The van der Waals surface area contributed by atoms with Crippen molar-refractivity contribution in [3.05, 3.63) is 0 Å². The Morgan fingerprint density at radius 3 is 2.83 bits per heavy atom. The molecule has 12 heavy (non-hydrogen) atoms. The van der Waals surface area contributed by atoms with Gasteiger partial charge in [0.25, 0.3) is 0 Å². The van der Waals surface area contributed by atoms with Crippen molar-refractivity contribution in [1.29, 1.82) is 0 Å². The fourth-order valence-electron chi connectivity index (χ4n) is 0.846. The Labute approximate surface area is 71.9 Å². The zero-order valence-electron chi connectivity index (χ0n) is 7.25. The van der Waals surface area contributed by atoms with Gasteiger partial charge in [0.2, 0.25) is 5.91 Å². The van der Waals surface area contributed by atoms with Gasteiger partial charge in [-0.05, 0) is 6.42 Å². The fraction of sp³-hybridized carbons (Fsp3) is 0.857. The van der Waals surface area contributed by atoms with Crippen LogP contribution in [0.4, 0.5) is 0 Å². The molecule has 0 aliphatic carbocycles. The van der Waals surface area contributed by atoms with Crippen LogP contribution in [0.1, 0.15) is 6.42 Å². The van der Waals surface area contributed by atoms with Gasteiger partial charge in [0.1, 0.15) is 0 Å². The second-order valence-corrected chi connectivity index (χ2v) is 2.51. The average molecular weight is 176 g/mol. The summed E-state index contributed by atoms with van der Waals surface area (Å²) >= 11 is 0. The number of nitrogens with two attached hydrogens (primary N) is 1. The monoisotopic (exact) mass is 176 g/mol. The fourth-order valence-corrected chi connectivity index (χ4v) is 0.846. The molecule has 0 fully saturated rings. The number of amides is 1. The van der Waals surface area contributed by atoms with Crippen molar-refractivity contribution in [3.8, 4) is 0 Å². The van der Waals surface area contributed by atoms with Crippen LogP contribution in [0, 0.1) is 0 Å².